The predicted octanol–water partition coefficient (Wildman–Crippen LogP) is 4.30. The first-order valence-corrected chi connectivity index (χ1v) is 5.77. The maximum atomic E-state index is 13.7. The molecule has 0 spiro atoms. The van der Waals surface area contributed by atoms with Crippen LogP contribution < -0.4 is 0 Å². The van der Waals surface area contributed by atoms with Crippen LogP contribution in [0, 0.1) is 5.82 Å². The molecule has 1 rings (SSSR count). The summed E-state index contributed by atoms with van der Waals surface area (Å²) < 4.78 is 13.7. The molecular formula is C13H16ClFO. The molecule has 0 radical (unpaired) electrons. The van der Waals surface area contributed by atoms with Crippen molar-refractivity contribution in [1.82, 2.24) is 0 Å². The predicted molar refractivity (Wildman–Crippen MR) is 64.6 cm³/mol. The second-order valence-electron chi connectivity index (χ2n) is 4.36. The van der Waals surface area contributed by atoms with Crippen LogP contribution in [-0.4, -0.2) is 6.29 Å². The average molecular weight is 243 g/mol. The van der Waals surface area contributed by atoms with Crippen molar-refractivity contribution in [2.24, 2.45) is 0 Å². The third-order valence-electron chi connectivity index (χ3n) is 2.72. The standard InChI is InChI=1S/C13H16ClFO/c1-8(2)11-6-10(9(3)4-5-16)7-12(14)13(11)15/h5-9H,4H2,1-3H3. The fourth-order valence-electron chi connectivity index (χ4n) is 1.62. The van der Waals surface area contributed by atoms with E-state index in [4.69, 9.17) is 11.6 Å². The van der Waals surface area contributed by atoms with Crippen molar-refractivity contribution in [3.05, 3.63) is 34.1 Å². The molecule has 0 saturated heterocycles. The molecule has 0 heterocycles. The number of benzene rings is 1. The lowest BCUT2D eigenvalue weighted by Crippen LogP contribution is -2.00. The Morgan fingerprint density at radius 1 is 1.38 bits per heavy atom. The van der Waals surface area contributed by atoms with Gasteiger partial charge in [-0.3, -0.25) is 0 Å². The zero-order chi connectivity index (χ0) is 12.3. The van der Waals surface area contributed by atoms with E-state index in [9.17, 15) is 9.18 Å². The number of halogens is 2. The van der Waals surface area contributed by atoms with Gasteiger partial charge in [-0.1, -0.05) is 38.4 Å². The Labute approximate surface area is 101 Å². The smallest absolute Gasteiger partial charge is 0.145 e. The van der Waals surface area contributed by atoms with Gasteiger partial charge in [0.2, 0.25) is 0 Å². The van der Waals surface area contributed by atoms with E-state index in [-0.39, 0.29) is 22.7 Å². The molecule has 3 heteroatoms. The lowest BCUT2D eigenvalue weighted by molar-refractivity contribution is -0.108. The van der Waals surface area contributed by atoms with Crippen LogP contribution in [0.2, 0.25) is 5.02 Å². The van der Waals surface area contributed by atoms with Crippen molar-refractivity contribution in [3.63, 3.8) is 0 Å². The highest BCUT2D eigenvalue weighted by atomic mass is 35.5. The minimum absolute atomic E-state index is 0.0769. The number of aldehydes is 1. The molecule has 0 aliphatic carbocycles. The molecular weight excluding hydrogens is 227 g/mol. The number of hydrogen-bond acceptors (Lipinski definition) is 1. The zero-order valence-corrected chi connectivity index (χ0v) is 10.5. The normalized spacial score (nSPS) is 12.9. The number of hydrogen-bond donors (Lipinski definition) is 0. The fourth-order valence-corrected chi connectivity index (χ4v) is 1.85. The summed E-state index contributed by atoms with van der Waals surface area (Å²) in [6.07, 6.45) is 1.30. The number of rotatable bonds is 4. The van der Waals surface area contributed by atoms with Gasteiger partial charge in [-0.2, -0.15) is 0 Å². The molecule has 1 aromatic rings. The van der Waals surface area contributed by atoms with Crippen molar-refractivity contribution < 1.29 is 9.18 Å². The van der Waals surface area contributed by atoms with Crippen molar-refractivity contribution >= 4 is 17.9 Å². The molecule has 0 fully saturated rings. The highest BCUT2D eigenvalue weighted by Gasteiger charge is 2.15. The van der Waals surface area contributed by atoms with Gasteiger partial charge in [-0.15, -0.1) is 0 Å². The van der Waals surface area contributed by atoms with Crippen LogP contribution in [0.1, 0.15) is 50.2 Å². The lowest BCUT2D eigenvalue weighted by atomic mass is 9.93. The van der Waals surface area contributed by atoms with Crippen molar-refractivity contribution in [1.29, 1.82) is 0 Å². The van der Waals surface area contributed by atoms with Crippen LogP contribution in [0.4, 0.5) is 4.39 Å². The number of carbonyl (C=O) groups is 1. The Morgan fingerprint density at radius 2 is 2.00 bits per heavy atom. The van der Waals surface area contributed by atoms with Gasteiger partial charge in [0.15, 0.2) is 0 Å². The van der Waals surface area contributed by atoms with Crippen molar-refractivity contribution in [3.8, 4) is 0 Å². The average Bonchev–Trinajstić information content (AvgIpc) is 2.21. The largest absolute Gasteiger partial charge is 0.303 e. The van der Waals surface area contributed by atoms with Crippen molar-refractivity contribution in [2.45, 2.75) is 39.0 Å². The van der Waals surface area contributed by atoms with E-state index in [0.717, 1.165) is 11.8 Å². The molecule has 1 aromatic carbocycles. The second-order valence-corrected chi connectivity index (χ2v) is 4.77. The molecule has 1 atom stereocenters. The van der Waals surface area contributed by atoms with Gasteiger partial charge < -0.3 is 4.79 Å². The first kappa shape index (κ1) is 13.2. The minimum atomic E-state index is -0.348. The molecule has 88 valence electrons. The summed E-state index contributed by atoms with van der Waals surface area (Å²) in [5.41, 5.74) is 1.53. The van der Waals surface area contributed by atoms with Crippen LogP contribution in [0.15, 0.2) is 12.1 Å². The Balaban J connectivity index is 3.18. The summed E-state index contributed by atoms with van der Waals surface area (Å²) >= 11 is 5.84. The summed E-state index contributed by atoms with van der Waals surface area (Å²) in [6.45, 7) is 5.77. The summed E-state index contributed by atoms with van der Waals surface area (Å²) in [4.78, 5) is 10.5. The highest BCUT2D eigenvalue weighted by Crippen LogP contribution is 2.30. The van der Waals surface area contributed by atoms with Crippen LogP contribution in [0.5, 0.6) is 0 Å². The topological polar surface area (TPSA) is 17.1 Å². The third-order valence-corrected chi connectivity index (χ3v) is 2.99. The Morgan fingerprint density at radius 3 is 2.50 bits per heavy atom. The number of carbonyl (C=O) groups excluding carboxylic acids is 1. The van der Waals surface area contributed by atoms with Gasteiger partial charge in [0.1, 0.15) is 12.1 Å². The van der Waals surface area contributed by atoms with Gasteiger partial charge in [0.25, 0.3) is 0 Å². The van der Waals surface area contributed by atoms with Crippen LogP contribution in [0.25, 0.3) is 0 Å². The second kappa shape index (κ2) is 5.44. The Hall–Kier alpha value is -0.890. The summed E-state index contributed by atoms with van der Waals surface area (Å²) in [6, 6.07) is 3.41. The van der Waals surface area contributed by atoms with Crippen LogP contribution >= 0.6 is 11.6 Å². The van der Waals surface area contributed by atoms with Crippen LogP contribution in [-0.2, 0) is 4.79 Å². The molecule has 0 aliphatic rings. The van der Waals surface area contributed by atoms with Crippen LogP contribution in [0.3, 0.4) is 0 Å². The molecule has 0 amide bonds. The molecule has 1 unspecified atom stereocenters. The summed E-state index contributed by atoms with van der Waals surface area (Å²) in [7, 11) is 0. The van der Waals surface area contributed by atoms with E-state index in [0.29, 0.717) is 12.0 Å². The minimum Gasteiger partial charge on any atom is -0.303 e. The molecule has 16 heavy (non-hydrogen) atoms. The van der Waals surface area contributed by atoms with E-state index < -0.39 is 0 Å². The van der Waals surface area contributed by atoms with Crippen molar-refractivity contribution in [2.75, 3.05) is 0 Å². The fraction of sp³-hybridized carbons (Fsp3) is 0.462. The molecule has 0 aromatic heterocycles. The first-order chi connectivity index (χ1) is 7.47. The van der Waals surface area contributed by atoms with E-state index >= 15 is 0 Å². The molecule has 1 nitrogen and oxygen atoms in total. The molecule has 0 bridgehead atoms. The monoisotopic (exact) mass is 242 g/mol. The van der Waals surface area contributed by atoms with Gasteiger partial charge in [0, 0.05) is 6.42 Å². The lowest BCUT2D eigenvalue weighted by Gasteiger charge is -2.14. The molecule has 0 aliphatic heterocycles. The molecule has 0 saturated carbocycles. The maximum absolute atomic E-state index is 13.7. The van der Waals surface area contributed by atoms with Gasteiger partial charge in [-0.05, 0) is 29.0 Å². The van der Waals surface area contributed by atoms with Gasteiger partial charge in [0.05, 0.1) is 5.02 Å². The van der Waals surface area contributed by atoms with E-state index in [1.165, 1.54) is 0 Å². The third kappa shape index (κ3) is 2.82. The Bertz CT molecular complexity index is 388. The Kier molecular flexibility index (Phi) is 4.48. The highest BCUT2D eigenvalue weighted by molar-refractivity contribution is 6.30. The summed E-state index contributed by atoms with van der Waals surface area (Å²) in [5, 5.41) is 0.138. The first-order valence-electron chi connectivity index (χ1n) is 5.39. The van der Waals surface area contributed by atoms with Gasteiger partial charge in [-0.25, -0.2) is 4.39 Å². The summed E-state index contributed by atoms with van der Waals surface area (Å²) in [5.74, 6) is -0.187. The SMILES string of the molecule is CC(C)c1cc(C(C)CC=O)cc(Cl)c1F. The maximum Gasteiger partial charge on any atom is 0.145 e. The zero-order valence-electron chi connectivity index (χ0n) is 9.76. The quantitative estimate of drug-likeness (QED) is 0.720. The molecule has 0 N–H and O–H groups in total. The van der Waals surface area contributed by atoms with E-state index in [1.54, 1.807) is 12.1 Å². The van der Waals surface area contributed by atoms with E-state index in [2.05, 4.69) is 0 Å². The van der Waals surface area contributed by atoms with E-state index in [1.807, 2.05) is 20.8 Å². The van der Waals surface area contributed by atoms with Gasteiger partial charge >= 0.3 is 0 Å².